The van der Waals surface area contributed by atoms with E-state index in [4.69, 9.17) is 10.8 Å². The van der Waals surface area contributed by atoms with E-state index in [1.807, 2.05) is 0 Å². The molecule has 0 heterocycles. The third-order valence-electron chi connectivity index (χ3n) is 0.930. The monoisotopic (exact) mass is 135 g/mol. The predicted octanol–water partition coefficient (Wildman–Crippen LogP) is 0.148. The second kappa shape index (κ2) is 4.26. The van der Waals surface area contributed by atoms with Crippen molar-refractivity contribution < 1.29 is 14.3 Å². The number of hydrogen-bond donors (Lipinski definition) is 2. The van der Waals surface area contributed by atoms with E-state index in [0.717, 1.165) is 0 Å². The molecule has 0 aliphatic carbocycles. The molecule has 1 unspecified atom stereocenters. The average molecular weight is 135 g/mol. The summed E-state index contributed by atoms with van der Waals surface area (Å²) in [6.45, 7) is 0.341. The van der Waals surface area contributed by atoms with Crippen LogP contribution < -0.4 is 5.73 Å². The molecule has 1 atom stereocenters. The van der Waals surface area contributed by atoms with Crippen molar-refractivity contribution in [3.63, 3.8) is 0 Å². The first kappa shape index (κ1) is 8.36. The van der Waals surface area contributed by atoms with Crippen molar-refractivity contribution in [2.24, 2.45) is 5.73 Å². The molecule has 3 nitrogen and oxygen atoms in total. The molecule has 4 heteroatoms. The lowest BCUT2D eigenvalue weighted by atomic mass is 10.2. The molecule has 0 spiro atoms. The quantitative estimate of drug-likeness (QED) is 0.576. The van der Waals surface area contributed by atoms with Crippen LogP contribution in [0.15, 0.2) is 0 Å². The smallest absolute Gasteiger partial charge is 0.338 e. The summed E-state index contributed by atoms with van der Waals surface area (Å²) in [5.74, 6) is -1.40. The molecule has 0 aromatic heterocycles. The van der Waals surface area contributed by atoms with Gasteiger partial charge in [0.2, 0.25) is 0 Å². The summed E-state index contributed by atoms with van der Waals surface area (Å²) in [5, 5.41) is 7.99. The lowest BCUT2D eigenvalue weighted by Crippen LogP contribution is -2.15. The highest BCUT2D eigenvalue weighted by atomic mass is 19.1. The average Bonchev–Trinajstić information content (AvgIpc) is 1.82. The molecular weight excluding hydrogens is 125 g/mol. The Morgan fingerprint density at radius 2 is 2.33 bits per heavy atom. The number of carboxylic acids is 1. The van der Waals surface area contributed by atoms with Crippen LogP contribution >= 0.6 is 0 Å². The first-order chi connectivity index (χ1) is 4.18. The largest absolute Gasteiger partial charge is 0.479 e. The Kier molecular flexibility index (Phi) is 3.96. The van der Waals surface area contributed by atoms with Crippen molar-refractivity contribution in [2.45, 2.75) is 19.0 Å². The summed E-state index contributed by atoms with van der Waals surface area (Å²) in [6.07, 6.45) is -1.30. The molecule has 3 N–H and O–H groups in total. The van der Waals surface area contributed by atoms with Crippen molar-refractivity contribution in [1.29, 1.82) is 0 Å². The molecule has 0 rings (SSSR count). The molecule has 0 radical (unpaired) electrons. The van der Waals surface area contributed by atoms with E-state index < -0.39 is 12.1 Å². The van der Waals surface area contributed by atoms with E-state index in [2.05, 4.69) is 0 Å². The summed E-state index contributed by atoms with van der Waals surface area (Å²) >= 11 is 0. The van der Waals surface area contributed by atoms with Crippen LogP contribution in [0.5, 0.6) is 0 Å². The first-order valence-electron chi connectivity index (χ1n) is 2.75. The van der Waals surface area contributed by atoms with Crippen molar-refractivity contribution in [3.05, 3.63) is 0 Å². The summed E-state index contributed by atoms with van der Waals surface area (Å²) < 4.78 is 12.1. The Bertz CT molecular complexity index is 97.0. The van der Waals surface area contributed by atoms with Crippen LogP contribution in [0.2, 0.25) is 0 Å². The zero-order chi connectivity index (χ0) is 7.28. The number of hydrogen-bond acceptors (Lipinski definition) is 2. The maximum absolute atomic E-state index is 12.1. The second-order valence-electron chi connectivity index (χ2n) is 1.74. The van der Waals surface area contributed by atoms with Crippen molar-refractivity contribution in [3.8, 4) is 0 Å². The third kappa shape index (κ3) is 3.90. The summed E-state index contributed by atoms with van der Waals surface area (Å²) in [4.78, 5) is 9.79. The van der Waals surface area contributed by atoms with Crippen LogP contribution in [-0.2, 0) is 4.79 Å². The van der Waals surface area contributed by atoms with Gasteiger partial charge >= 0.3 is 5.97 Å². The van der Waals surface area contributed by atoms with Gasteiger partial charge in [0.25, 0.3) is 0 Å². The van der Waals surface area contributed by atoms with Crippen LogP contribution in [0.3, 0.4) is 0 Å². The van der Waals surface area contributed by atoms with Gasteiger partial charge in [-0.2, -0.15) is 0 Å². The van der Waals surface area contributed by atoms with Gasteiger partial charge in [-0.1, -0.05) is 0 Å². The third-order valence-corrected chi connectivity index (χ3v) is 0.930. The van der Waals surface area contributed by atoms with E-state index in [1.54, 1.807) is 0 Å². The molecule has 0 saturated heterocycles. The minimum Gasteiger partial charge on any atom is -0.479 e. The second-order valence-corrected chi connectivity index (χ2v) is 1.74. The zero-order valence-electron chi connectivity index (χ0n) is 5.01. The highest BCUT2D eigenvalue weighted by molar-refractivity contribution is 5.71. The highest BCUT2D eigenvalue weighted by Gasteiger charge is 2.13. The predicted molar refractivity (Wildman–Crippen MR) is 30.8 cm³/mol. The van der Waals surface area contributed by atoms with Gasteiger partial charge < -0.3 is 10.8 Å². The topological polar surface area (TPSA) is 63.3 Å². The minimum atomic E-state index is -1.74. The number of carbonyl (C=O) groups is 1. The highest BCUT2D eigenvalue weighted by Crippen LogP contribution is 1.99. The fourth-order valence-electron chi connectivity index (χ4n) is 0.421. The minimum absolute atomic E-state index is 0.0197. The maximum atomic E-state index is 12.1. The maximum Gasteiger partial charge on any atom is 0.338 e. The Hall–Kier alpha value is -0.640. The number of carboxylic acid groups (broad SMARTS) is 1. The molecule has 0 bridgehead atoms. The molecule has 0 amide bonds. The molecule has 54 valence electrons. The van der Waals surface area contributed by atoms with Gasteiger partial charge in [0, 0.05) is 0 Å². The zero-order valence-corrected chi connectivity index (χ0v) is 5.01. The van der Waals surface area contributed by atoms with Crippen LogP contribution in [0.4, 0.5) is 4.39 Å². The van der Waals surface area contributed by atoms with Gasteiger partial charge in [-0.25, -0.2) is 9.18 Å². The van der Waals surface area contributed by atoms with Crippen LogP contribution in [0.1, 0.15) is 12.8 Å². The molecule has 0 aromatic rings. The molecule has 0 aliphatic rings. The van der Waals surface area contributed by atoms with E-state index in [9.17, 15) is 9.18 Å². The number of rotatable bonds is 4. The normalized spacial score (nSPS) is 13.1. The fraction of sp³-hybridized carbons (Fsp3) is 0.800. The van der Waals surface area contributed by atoms with Crippen LogP contribution in [-0.4, -0.2) is 23.8 Å². The van der Waals surface area contributed by atoms with E-state index >= 15 is 0 Å². The van der Waals surface area contributed by atoms with Crippen molar-refractivity contribution in [2.75, 3.05) is 6.54 Å². The lowest BCUT2D eigenvalue weighted by molar-refractivity contribution is -0.143. The van der Waals surface area contributed by atoms with Crippen molar-refractivity contribution >= 4 is 5.97 Å². The van der Waals surface area contributed by atoms with Crippen molar-refractivity contribution in [1.82, 2.24) is 0 Å². The van der Waals surface area contributed by atoms with Gasteiger partial charge in [0.15, 0.2) is 6.17 Å². The number of alkyl halides is 1. The Morgan fingerprint density at radius 1 is 1.78 bits per heavy atom. The van der Waals surface area contributed by atoms with Gasteiger partial charge in [-0.3, -0.25) is 0 Å². The van der Waals surface area contributed by atoms with Gasteiger partial charge in [0.1, 0.15) is 0 Å². The van der Waals surface area contributed by atoms with Gasteiger partial charge in [-0.05, 0) is 19.4 Å². The van der Waals surface area contributed by atoms with E-state index in [0.29, 0.717) is 13.0 Å². The summed E-state index contributed by atoms with van der Waals surface area (Å²) in [7, 11) is 0. The molecule has 0 aliphatic heterocycles. The fourth-order valence-corrected chi connectivity index (χ4v) is 0.421. The molecule has 0 fully saturated rings. The molecular formula is C5H10FNO2. The molecule has 9 heavy (non-hydrogen) atoms. The first-order valence-corrected chi connectivity index (χ1v) is 2.75. The Balaban J connectivity index is 3.27. The molecule has 0 saturated carbocycles. The number of nitrogens with two attached hydrogens (primary N) is 1. The summed E-state index contributed by atoms with van der Waals surface area (Å²) in [5.41, 5.74) is 5.02. The van der Waals surface area contributed by atoms with Crippen LogP contribution in [0, 0.1) is 0 Å². The number of halogens is 1. The Morgan fingerprint density at radius 3 is 2.67 bits per heavy atom. The van der Waals surface area contributed by atoms with Gasteiger partial charge in [0.05, 0.1) is 0 Å². The number of aliphatic carboxylic acids is 1. The summed E-state index contributed by atoms with van der Waals surface area (Å²) in [6, 6.07) is 0. The van der Waals surface area contributed by atoms with E-state index in [-0.39, 0.29) is 6.42 Å². The van der Waals surface area contributed by atoms with Crippen LogP contribution in [0.25, 0.3) is 0 Å². The molecule has 0 aromatic carbocycles. The standard InChI is InChI=1S/C5H10FNO2/c6-4(5(8)9)2-1-3-7/h4H,1-3,7H2,(H,8,9). The Labute approximate surface area is 52.7 Å². The lowest BCUT2D eigenvalue weighted by Gasteiger charge is -1.98. The SMILES string of the molecule is NCCCC(F)C(=O)O. The van der Waals surface area contributed by atoms with Gasteiger partial charge in [-0.15, -0.1) is 0 Å². The van der Waals surface area contributed by atoms with E-state index in [1.165, 1.54) is 0 Å².